The van der Waals surface area contributed by atoms with E-state index >= 15 is 0 Å². The first-order valence-corrected chi connectivity index (χ1v) is 11.0. The van der Waals surface area contributed by atoms with Crippen LogP contribution in [0, 0.1) is 20.8 Å². The van der Waals surface area contributed by atoms with Crippen molar-refractivity contribution >= 4 is 17.5 Å². The zero-order chi connectivity index (χ0) is 23.5. The molecule has 1 aliphatic rings. The average molecular weight is 449 g/mol. The lowest BCUT2D eigenvalue weighted by atomic mass is 10.1. The molecular formula is C24H28N6O3. The number of hydrogen-bond donors (Lipinski definition) is 2. The van der Waals surface area contributed by atoms with Crippen molar-refractivity contribution in [2.75, 3.05) is 19.0 Å². The predicted octanol–water partition coefficient (Wildman–Crippen LogP) is 3.29. The van der Waals surface area contributed by atoms with Crippen LogP contribution in [0.2, 0.25) is 0 Å². The summed E-state index contributed by atoms with van der Waals surface area (Å²) in [5.41, 5.74) is 4.21. The summed E-state index contributed by atoms with van der Waals surface area (Å²) in [6.07, 6.45) is 3.51. The standard InChI is InChI=1S/C24H28N6O3/c1-14-18(24(32)27-19-8-5-6-10-21(19)33-4)13-25-23(26-14)20-9-7-11-30(20)22(31)12-17-15(2)28-29-16(17)3/h5-6,8,10,13,20H,7,9,11-12H2,1-4H3,(H,27,32)(H,28,29)/t20-/m1/s1. The number of H-pyrrole nitrogens is 1. The molecule has 3 aromatic rings. The molecule has 2 N–H and O–H groups in total. The van der Waals surface area contributed by atoms with Crippen molar-refractivity contribution in [2.45, 2.75) is 46.1 Å². The average Bonchev–Trinajstić information content (AvgIpc) is 3.42. The van der Waals surface area contributed by atoms with Crippen molar-refractivity contribution < 1.29 is 14.3 Å². The molecular weight excluding hydrogens is 420 g/mol. The van der Waals surface area contributed by atoms with Crippen molar-refractivity contribution in [1.82, 2.24) is 25.1 Å². The first-order chi connectivity index (χ1) is 15.9. The summed E-state index contributed by atoms with van der Waals surface area (Å²) >= 11 is 0. The molecule has 0 aliphatic carbocycles. The zero-order valence-electron chi connectivity index (χ0n) is 19.3. The molecule has 9 heteroatoms. The SMILES string of the molecule is COc1ccccc1NC(=O)c1cnc([C@H]2CCCN2C(=O)Cc2c(C)n[nH]c2C)nc1C. The van der Waals surface area contributed by atoms with E-state index in [1.54, 1.807) is 26.2 Å². The van der Waals surface area contributed by atoms with E-state index in [1.165, 1.54) is 6.20 Å². The molecule has 1 aliphatic heterocycles. The van der Waals surface area contributed by atoms with Gasteiger partial charge in [0.15, 0.2) is 5.82 Å². The van der Waals surface area contributed by atoms with E-state index in [0.717, 1.165) is 29.8 Å². The first-order valence-electron chi connectivity index (χ1n) is 11.0. The fourth-order valence-electron chi connectivity index (χ4n) is 4.23. The van der Waals surface area contributed by atoms with Crippen LogP contribution >= 0.6 is 0 Å². The Morgan fingerprint density at radius 1 is 1.21 bits per heavy atom. The van der Waals surface area contributed by atoms with Crippen LogP contribution < -0.4 is 10.1 Å². The molecule has 0 spiro atoms. The van der Waals surface area contributed by atoms with E-state index < -0.39 is 0 Å². The number of aromatic nitrogens is 4. The summed E-state index contributed by atoms with van der Waals surface area (Å²) in [5, 5.41) is 9.97. The van der Waals surface area contributed by atoms with Gasteiger partial charge in [0, 0.05) is 24.0 Å². The summed E-state index contributed by atoms with van der Waals surface area (Å²) in [6.45, 7) is 6.26. The van der Waals surface area contributed by atoms with Crippen molar-refractivity contribution in [3.8, 4) is 5.75 Å². The Morgan fingerprint density at radius 3 is 2.70 bits per heavy atom. The highest BCUT2D eigenvalue weighted by molar-refractivity contribution is 6.05. The number of ether oxygens (including phenoxy) is 1. The zero-order valence-corrected chi connectivity index (χ0v) is 19.3. The van der Waals surface area contributed by atoms with E-state index in [1.807, 2.05) is 30.9 Å². The molecule has 9 nitrogen and oxygen atoms in total. The second-order valence-corrected chi connectivity index (χ2v) is 8.22. The number of carbonyl (C=O) groups excluding carboxylic acids is 2. The van der Waals surface area contributed by atoms with E-state index in [-0.39, 0.29) is 17.9 Å². The van der Waals surface area contributed by atoms with Crippen LogP contribution in [-0.2, 0) is 11.2 Å². The van der Waals surface area contributed by atoms with Gasteiger partial charge < -0.3 is 15.0 Å². The minimum atomic E-state index is -0.311. The second kappa shape index (κ2) is 9.40. The highest BCUT2D eigenvalue weighted by atomic mass is 16.5. The number of nitrogens with one attached hydrogen (secondary N) is 2. The Hall–Kier alpha value is -3.75. The Bertz CT molecular complexity index is 1170. The number of methoxy groups -OCH3 is 1. The van der Waals surface area contributed by atoms with Gasteiger partial charge in [0.1, 0.15) is 5.75 Å². The van der Waals surface area contributed by atoms with E-state index in [2.05, 4.69) is 25.5 Å². The maximum atomic E-state index is 13.1. The van der Waals surface area contributed by atoms with Gasteiger partial charge in [-0.25, -0.2) is 9.97 Å². The summed E-state index contributed by atoms with van der Waals surface area (Å²) in [6, 6.07) is 7.01. The maximum Gasteiger partial charge on any atom is 0.259 e. The minimum Gasteiger partial charge on any atom is -0.495 e. The largest absolute Gasteiger partial charge is 0.495 e. The van der Waals surface area contributed by atoms with Gasteiger partial charge in [0.2, 0.25) is 5.91 Å². The molecule has 33 heavy (non-hydrogen) atoms. The summed E-state index contributed by atoms with van der Waals surface area (Å²) < 4.78 is 5.30. The molecule has 0 radical (unpaired) electrons. The molecule has 2 aromatic heterocycles. The molecule has 3 heterocycles. The molecule has 1 atom stereocenters. The molecule has 172 valence electrons. The van der Waals surface area contributed by atoms with Gasteiger partial charge in [0.05, 0.1) is 42.2 Å². The highest BCUT2D eigenvalue weighted by Gasteiger charge is 2.33. The van der Waals surface area contributed by atoms with Crippen molar-refractivity contribution in [1.29, 1.82) is 0 Å². The number of aromatic amines is 1. The van der Waals surface area contributed by atoms with Gasteiger partial charge >= 0.3 is 0 Å². The van der Waals surface area contributed by atoms with Gasteiger partial charge in [-0.15, -0.1) is 0 Å². The van der Waals surface area contributed by atoms with Gasteiger partial charge in [-0.05, 0) is 45.7 Å². The molecule has 1 aromatic carbocycles. The number of aryl methyl sites for hydroxylation is 3. The van der Waals surface area contributed by atoms with Crippen LogP contribution in [-0.4, -0.2) is 50.5 Å². The highest BCUT2D eigenvalue weighted by Crippen LogP contribution is 2.31. The van der Waals surface area contributed by atoms with Crippen LogP contribution in [0.5, 0.6) is 5.75 Å². The number of para-hydroxylation sites is 2. The summed E-state index contributed by atoms with van der Waals surface area (Å²) in [5.74, 6) is 0.857. The summed E-state index contributed by atoms with van der Waals surface area (Å²) in [7, 11) is 1.55. The van der Waals surface area contributed by atoms with Crippen LogP contribution in [0.4, 0.5) is 5.69 Å². The van der Waals surface area contributed by atoms with Gasteiger partial charge in [-0.3, -0.25) is 14.7 Å². The molecule has 2 amide bonds. The number of amides is 2. The molecule has 1 saturated heterocycles. The fourth-order valence-corrected chi connectivity index (χ4v) is 4.23. The van der Waals surface area contributed by atoms with E-state index in [4.69, 9.17) is 4.74 Å². The normalized spacial score (nSPS) is 15.5. The van der Waals surface area contributed by atoms with Crippen LogP contribution in [0.25, 0.3) is 0 Å². The lowest BCUT2D eigenvalue weighted by molar-refractivity contribution is -0.131. The monoisotopic (exact) mass is 448 g/mol. The molecule has 0 saturated carbocycles. The first kappa shape index (κ1) is 22.4. The molecule has 0 bridgehead atoms. The number of carbonyl (C=O) groups is 2. The number of hydrogen-bond acceptors (Lipinski definition) is 6. The quantitative estimate of drug-likeness (QED) is 0.598. The lowest BCUT2D eigenvalue weighted by Crippen LogP contribution is -2.33. The van der Waals surface area contributed by atoms with Crippen LogP contribution in [0.15, 0.2) is 30.5 Å². The van der Waals surface area contributed by atoms with Crippen molar-refractivity contribution in [3.63, 3.8) is 0 Å². The number of nitrogens with zero attached hydrogens (tertiary/aromatic N) is 4. The third-order valence-electron chi connectivity index (χ3n) is 6.08. The predicted molar refractivity (Wildman–Crippen MR) is 123 cm³/mol. The Balaban J connectivity index is 1.50. The number of anilines is 1. The topological polar surface area (TPSA) is 113 Å². The fraction of sp³-hybridized carbons (Fsp3) is 0.375. The second-order valence-electron chi connectivity index (χ2n) is 8.22. The lowest BCUT2D eigenvalue weighted by Gasteiger charge is -2.24. The minimum absolute atomic E-state index is 0.0318. The Labute approximate surface area is 192 Å². The van der Waals surface area contributed by atoms with Gasteiger partial charge in [-0.1, -0.05) is 12.1 Å². The Kier molecular flexibility index (Phi) is 6.39. The third kappa shape index (κ3) is 4.57. The smallest absolute Gasteiger partial charge is 0.259 e. The van der Waals surface area contributed by atoms with Crippen molar-refractivity contribution in [3.05, 3.63) is 64.5 Å². The van der Waals surface area contributed by atoms with Crippen LogP contribution in [0.3, 0.4) is 0 Å². The van der Waals surface area contributed by atoms with Crippen molar-refractivity contribution in [2.24, 2.45) is 0 Å². The third-order valence-corrected chi connectivity index (χ3v) is 6.08. The summed E-state index contributed by atoms with van der Waals surface area (Å²) in [4.78, 5) is 36.8. The number of benzene rings is 1. The molecule has 4 rings (SSSR count). The van der Waals surface area contributed by atoms with Gasteiger partial charge in [-0.2, -0.15) is 5.10 Å². The van der Waals surface area contributed by atoms with Crippen LogP contribution in [0.1, 0.15) is 57.7 Å². The van der Waals surface area contributed by atoms with E-state index in [9.17, 15) is 9.59 Å². The number of rotatable bonds is 6. The maximum absolute atomic E-state index is 13.1. The molecule has 0 unspecified atom stereocenters. The number of likely N-dealkylation sites (tertiary alicyclic amines) is 1. The Morgan fingerprint density at radius 2 is 2.00 bits per heavy atom. The van der Waals surface area contributed by atoms with Gasteiger partial charge in [0.25, 0.3) is 5.91 Å². The van der Waals surface area contributed by atoms with E-state index in [0.29, 0.717) is 41.5 Å². The molecule has 1 fully saturated rings.